The minimum Gasteiger partial charge on any atom is -0.370 e. The Hall–Kier alpha value is -1.52. The maximum absolute atomic E-state index is 6.15. The molecule has 22 heavy (non-hydrogen) atoms. The molecule has 0 amide bonds. The summed E-state index contributed by atoms with van der Waals surface area (Å²) in [5, 5.41) is 7.62. The second-order valence-corrected chi connectivity index (χ2v) is 5.94. The van der Waals surface area contributed by atoms with Crippen LogP contribution in [0.2, 0.25) is 10.0 Å². The number of halogens is 2. The molecule has 0 saturated heterocycles. The highest BCUT2D eigenvalue weighted by Gasteiger charge is 2.06. The summed E-state index contributed by atoms with van der Waals surface area (Å²) < 4.78 is 0. The Morgan fingerprint density at radius 2 is 1.91 bits per heavy atom. The maximum Gasteiger partial charge on any atom is 0.229 e. The van der Waals surface area contributed by atoms with E-state index in [-0.39, 0.29) is 0 Å². The predicted octanol–water partition coefficient (Wildman–Crippen LogP) is 5.44. The van der Waals surface area contributed by atoms with Crippen molar-refractivity contribution in [2.24, 2.45) is 0 Å². The normalized spacial score (nSPS) is 10.5. The molecule has 6 heteroatoms. The highest BCUT2D eigenvalue weighted by molar-refractivity contribution is 6.35. The molecule has 118 valence electrons. The first kappa shape index (κ1) is 16.8. The Kier molecular flexibility index (Phi) is 6.28. The lowest BCUT2D eigenvalue weighted by Crippen LogP contribution is -2.07. The van der Waals surface area contributed by atoms with E-state index in [1.807, 2.05) is 13.0 Å². The van der Waals surface area contributed by atoms with E-state index in [9.17, 15) is 0 Å². The summed E-state index contributed by atoms with van der Waals surface area (Å²) in [5.41, 5.74) is 1.57. The van der Waals surface area contributed by atoms with Crippen molar-refractivity contribution < 1.29 is 0 Å². The number of aryl methyl sites for hydroxylation is 1. The fraction of sp³-hybridized carbons (Fsp3) is 0.375. The number of benzene rings is 1. The summed E-state index contributed by atoms with van der Waals surface area (Å²) in [5.74, 6) is 1.31. The van der Waals surface area contributed by atoms with Gasteiger partial charge in [-0.05, 0) is 31.5 Å². The molecule has 2 N–H and O–H groups in total. The van der Waals surface area contributed by atoms with Gasteiger partial charge in [0.1, 0.15) is 5.82 Å². The van der Waals surface area contributed by atoms with Crippen LogP contribution in [0.25, 0.3) is 0 Å². The average molecular weight is 339 g/mol. The van der Waals surface area contributed by atoms with Crippen molar-refractivity contribution in [3.8, 4) is 0 Å². The van der Waals surface area contributed by atoms with Crippen LogP contribution in [-0.2, 0) is 0 Å². The molecule has 1 aromatic carbocycles. The number of anilines is 3. The lowest BCUT2D eigenvalue weighted by atomic mass is 10.2. The van der Waals surface area contributed by atoms with Crippen molar-refractivity contribution in [3.63, 3.8) is 0 Å². The minimum absolute atomic E-state index is 0.502. The van der Waals surface area contributed by atoms with Gasteiger partial charge in [-0.3, -0.25) is 0 Å². The van der Waals surface area contributed by atoms with E-state index in [1.165, 1.54) is 12.8 Å². The van der Waals surface area contributed by atoms with E-state index in [1.54, 1.807) is 18.2 Å². The molecule has 0 aliphatic heterocycles. The molecular formula is C16H20Cl2N4. The quantitative estimate of drug-likeness (QED) is 0.660. The Morgan fingerprint density at radius 3 is 2.68 bits per heavy atom. The zero-order valence-electron chi connectivity index (χ0n) is 12.8. The van der Waals surface area contributed by atoms with Crippen LogP contribution < -0.4 is 10.6 Å². The first-order valence-electron chi connectivity index (χ1n) is 7.40. The fourth-order valence-corrected chi connectivity index (χ4v) is 2.36. The van der Waals surface area contributed by atoms with Crippen LogP contribution in [0.15, 0.2) is 24.3 Å². The molecule has 1 heterocycles. The number of unbranched alkanes of at least 4 members (excludes halogenated alkanes) is 2. The van der Waals surface area contributed by atoms with Crippen LogP contribution in [0.1, 0.15) is 31.9 Å². The van der Waals surface area contributed by atoms with Gasteiger partial charge in [0.25, 0.3) is 0 Å². The highest BCUT2D eigenvalue weighted by atomic mass is 35.5. The molecule has 0 aliphatic carbocycles. The molecule has 0 atom stereocenters. The number of aromatic nitrogens is 2. The topological polar surface area (TPSA) is 49.8 Å². The average Bonchev–Trinajstić information content (AvgIpc) is 2.47. The number of nitrogens with one attached hydrogen (secondary N) is 2. The van der Waals surface area contributed by atoms with Gasteiger partial charge in [-0.15, -0.1) is 0 Å². The van der Waals surface area contributed by atoms with Gasteiger partial charge < -0.3 is 10.6 Å². The molecular weight excluding hydrogens is 319 g/mol. The van der Waals surface area contributed by atoms with Gasteiger partial charge in [-0.25, -0.2) is 4.98 Å². The standard InChI is InChI=1S/C16H20Cl2N4/c1-3-4-5-8-19-15-9-11(2)20-16(22-15)21-14-10-12(17)6-7-13(14)18/h6-7,9-10H,3-5,8H2,1-2H3,(H2,19,20,21,22). The van der Waals surface area contributed by atoms with E-state index in [0.717, 1.165) is 24.5 Å². The third-order valence-electron chi connectivity index (χ3n) is 3.12. The fourth-order valence-electron chi connectivity index (χ4n) is 2.02. The first-order chi connectivity index (χ1) is 10.6. The Morgan fingerprint density at radius 1 is 1.09 bits per heavy atom. The monoisotopic (exact) mass is 338 g/mol. The van der Waals surface area contributed by atoms with Crippen molar-refractivity contribution >= 4 is 40.7 Å². The van der Waals surface area contributed by atoms with Crippen LogP contribution in [0.5, 0.6) is 0 Å². The summed E-state index contributed by atoms with van der Waals surface area (Å²) in [7, 11) is 0. The second kappa shape index (κ2) is 8.20. The summed E-state index contributed by atoms with van der Waals surface area (Å²) in [6.45, 7) is 5.02. The van der Waals surface area contributed by atoms with Crippen molar-refractivity contribution in [2.75, 3.05) is 17.2 Å². The second-order valence-electron chi connectivity index (χ2n) is 5.10. The number of hydrogen-bond acceptors (Lipinski definition) is 4. The molecule has 2 aromatic rings. The third kappa shape index (κ3) is 5.04. The van der Waals surface area contributed by atoms with Crippen molar-refractivity contribution in [1.29, 1.82) is 0 Å². The third-order valence-corrected chi connectivity index (χ3v) is 3.68. The van der Waals surface area contributed by atoms with Gasteiger partial charge >= 0.3 is 0 Å². The molecule has 0 aliphatic rings. The van der Waals surface area contributed by atoms with E-state index < -0.39 is 0 Å². The number of hydrogen-bond donors (Lipinski definition) is 2. The van der Waals surface area contributed by atoms with Crippen molar-refractivity contribution in [3.05, 3.63) is 40.0 Å². The summed E-state index contributed by atoms with van der Waals surface area (Å²) in [4.78, 5) is 8.84. The van der Waals surface area contributed by atoms with Crippen molar-refractivity contribution in [2.45, 2.75) is 33.1 Å². The van der Waals surface area contributed by atoms with E-state index in [4.69, 9.17) is 23.2 Å². The van der Waals surface area contributed by atoms with Crippen LogP contribution in [0, 0.1) is 6.92 Å². The molecule has 2 rings (SSSR count). The van der Waals surface area contributed by atoms with Gasteiger partial charge in [0.15, 0.2) is 0 Å². The van der Waals surface area contributed by atoms with Crippen molar-refractivity contribution in [1.82, 2.24) is 9.97 Å². The molecule has 0 bridgehead atoms. The van der Waals surface area contributed by atoms with Crippen LogP contribution in [0.3, 0.4) is 0 Å². The first-order valence-corrected chi connectivity index (χ1v) is 8.15. The minimum atomic E-state index is 0.502. The SMILES string of the molecule is CCCCCNc1cc(C)nc(Nc2cc(Cl)ccc2Cl)n1. The summed E-state index contributed by atoms with van der Waals surface area (Å²) in [6.07, 6.45) is 3.54. The zero-order chi connectivity index (χ0) is 15.9. The van der Waals surface area contributed by atoms with E-state index in [0.29, 0.717) is 21.7 Å². The maximum atomic E-state index is 6.15. The van der Waals surface area contributed by atoms with Crippen LogP contribution in [-0.4, -0.2) is 16.5 Å². The summed E-state index contributed by atoms with van der Waals surface area (Å²) in [6, 6.07) is 7.17. The van der Waals surface area contributed by atoms with Gasteiger partial charge in [-0.1, -0.05) is 43.0 Å². The smallest absolute Gasteiger partial charge is 0.229 e. The molecule has 1 aromatic heterocycles. The van der Waals surface area contributed by atoms with Crippen LogP contribution >= 0.6 is 23.2 Å². The van der Waals surface area contributed by atoms with Gasteiger partial charge in [0, 0.05) is 23.3 Å². The predicted molar refractivity (Wildman–Crippen MR) is 94.5 cm³/mol. The van der Waals surface area contributed by atoms with Gasteiger partial charge in [0.2, 0.25) is 5.95 Å². The lowest BCUT2D eigenvalue weighted by molar-refractivity contribution is 0.742. The Bertz CT molecular complexity index is 632. The number of rotatable bonds is 7. The number of nitrogens with zero attached hydrogens (tertiary/aromatic N) is 2. The van der Waals surface area contributed by atoms with E-state index in [2.05, 4.69) is 27.5 Å². The summed E-state index contributed by atoms with van der Waals surface area (Å²) >= 11 is 12.1. The van der Waals surface area contributed by atoms with E-state index >= 15 is 0 Å². The molecule has 0 spiro atoms. The zero-order valence-corrected chi connectivity index (χ0v) is 14.3. The largest absolute Gasteiger partial charge is 0.370 e. The molecule has 0 radical (unpaired) electrons. The Balaban J connectivity index is 2.10. The highest BCUT2D eigenvalue weighted by Crippen LogP contribution is 2.27. The Labute approximate surface area is 141 Å². The molecule has 0 unspecified atom stereocenters. The van der Waals surface area contributed by atoms with Gasteiger partial charge in [0.05, 0.1) is 10.7 Å². The molecule has 4 nitrogen and oxygen atoms in total. The molecule has 0 saturated carbocycles. The van der Waals surface area contributed by atoms with Gasteiger partial charge in [-0.2, -0.15) is 4.98 Å². The molecule has 0 fully saturated rings. The van der Waals surface area contributed by atoms with Crippen LogP contribution in [0.4, 0.5) is 17.5 Å². The lowest BCUT2D eigenvalue weighted by Gasteiger charge is -2.11.